The lowest BCUT2D eigenvalue weighted by molar-refractivity contribution is 0.297. The summed E-state index contributed by atoms with van der Waals surface area (Å²) in [6, 6.07) is 31.4. The van der Waals surface area contributed by atoms with Crippen molar-refractivity contribution in [1.82, 2.24) is 0 Å². The van der Waals surface area contributed by atoms with Gasteiger partial charge in [0.25, 0.3) is 6.71 Å². The lowest BCUT2D eigenvalue weighted by Gasteiger charge is -2.48. The fraction of sp³-hybridized carbons (Fsp3) is 0.444. The van der Waals surface area contributed by atoms with E-state index in [1.54, 1.807) is 0 Å². The first-order chi connectivity index (χ1) is 27.8. The van der Waals surface area contributed by atoms with Crippen LogP contribution in [0.15, 0.2) is 78.9 Å². The lowest BCUT2D eigenvalue weighted by Crippen LogP contribution is -2.62. The van der Waals surface area contributed by atoms with Gasteiger partial charge in [0, 0.05) is 34.9 Å². The maximum absolute atomic E-state index is 6.63. The van der Waals surface area contributed by atoms with Crippen LogP contribution < -0.4 is 35.7 Å². The Hall–Kier alpha value is -4.64. The fourth-order valence-electron chi connectivity index (χ4n) is 11.3. The van der Waals surface area contributed by atoms with E-state index >= 15 is 0 Å². The predicted octanol–water partition coefficient (Wildman–Crippen LogP) is 12.2. The molecule has 0 atom stereocenters. The number of nitrogens with zero attached hydrogens (tertiary/aromatic N) is 2. The van der Waals surface area contributed by atoms with Gasteiger partial charge in [-0.25, -0.2) is 0 Å². The van der Waals surface area contributed by atoms with Crippen LogP contribution in [0.1, 0.15) is 142 Å². The third kappa shape index (κ3) is 5.83. The second-order valence-electron chi connectivity index (χ2n) is 22.2. The zero-order valence-corrected chi connectivity index (χ0v) is 37.7. The first-order valence-corrected chi connectivity index (χ1v) is 22.4. The molecule has 2 aliphatic carbocycles. The highest BCUT2D eigenvalue weighted by Crippen LogP contribution is 2.54. The minimum absolute atomic E-state index is 0.0217. The van der Waals surface area contributed by atoms with Crippen molar-refractivity contribution in [2.45, 2.75) is 142 Å². The van der Waals surface area contributed by atoms with E-state index < -0.39 is 0 Å². The molecule has 4 nitrogen and oxygen atoms in total. The van der Waals surface area contributed by atoms with Gasteiger partial charge < -0.3 is 19.3 Å². The average molecular weight is 783 g/mol. The standard InChI is InChI=1S/C54H63BN2O2/c1-33-27-45-48-46(28-33)57(43-15-13-16-47-49(43)59-26-14-25-58-47)42-20-17-34(50(2,3)4)29-40(42)55(48)41-31-38-39(54(11,12)24-23-53(38,9)10)32-44(41)56(45)35-18-19-36-37(30-35)52(7,8)22-21-51(36,5)6/h13,15-20,27-32H,14,21-26H2,1-12H3. The van der Waals surface area contributed by atoms with E-state index in [1.165, 1.54) is 104 Å². The van der Waals surface area contributed by atoms with Crippen LogP contribution in [0.2, 0.25) is 0 Å². The molecule has 0 spiro atoms. The van der Waals surface area contributed by atoms with Crippen molar-refractivity contribution in [3.8, 4) is 11.5 Å². The summed E-state index contributed by atoms with van der Waals surface area (Å²) in [4.78, 5) is 5.17. The summed E-state index contributed by atoms with van der Waals surface area (Å²) in [5, 5.41) is 0. The Labute approximate surface area is 354 Å². The molecule has 0 radical (unpaired) electrons. The number of benzene rings is 5. The van der Waals surface area contributed by atoms with Crippen LogP contribution >= 0.6 is 0 Å². The lowest BCUT2D eigenvalue weighted by atomic mass is 9.33. The Kier molecular flexibility index (Phi) is 8.30. The van der Waals surface area contributed by atoms with Crippen LogP contribution in [0, 0.1) is 6.92 Å². The second kappa shape index (κ2) is 12.7. The van der Waals surface area contributed by atoms with Crippen LogP contribution in [0.4, 0.5) is 34.1 Å². The number of aryl methyl sites for hydroxylation is 1. The third-order valence-electron chi connectivity index (χ3n) is 15.1. The van der Waals surface area contributed by atoms with E-state index in [1.807, 2.05) is 0 Å². The first kappa shape index (κ1) is 38.6. The number of fused-ring (bicyclic) bond motifs is 7. The smallest absolute Gasteiger partial charge is 0.252 e. The Balaban J connectivity index is 1.33. The Morgan fingerprint density at radius 1 is 0.542 bits per heavy atom. The van der Waals surface area contributed by atoms with Gasteiger partial charge in [0.05, 0.1) is 18.9 Å². The molecule has 10 rings (SSSR count). The van der Waals surface area contributed by atoms with E-state index in [0.29, 0.717) is 13.2 Å². The summed E-state index contributed by atoms with van der Waals surface area (Å²) in [5.74, 6) is 1.65. The van der Waals surface area contributed by atoms with Crippen molar-refractivity contribution in [2.75, 3.05) is 23.0 Å². The molecule has 5 aliphatic rings. The van der Waals surface area contributed by atoms with Gasteiger partial charge in [-0.1, -0.05) is 106 Å². The Morgan fingerprint density at radius 3 is 1.81 bits per heavy atom. The molecule has 0 fully saturated rings. The number of hydrogen-bond acceptors (Lipinski definition) is 4. The number of rotatable bonds is 2. The van der Waals surface area contributed by atoms with Gasteiger partial charge in [0.1, 0.15) is 0 Å². The van der Waals surface area contributed by atoms with Crippen molar-refractivity contribution >= 4 is 57.2 Å². The molecule has 5 aromatic rings. The second-order valence-corrected chi connectivity index (χ2v) is 22.2. The zero-order chi connectivity index (χ0) is 41.6. The topological polar surface area (TPSA) is 24.9 Å². The zero-order valence-electron chi connectivity index (χ0n) is 37.7. The monoisotopic (exact) mass is 782 g/mol. The predicted molar refractivity (Wildman–Crippen MR) is 250 cm³/mol. The van der Waals surface area contributed by atoms with Crippen molar-refractivity contribution in [3.05, 3.63) is 112 Å². The van der Waals surface area contributed by atoms with E-state index in [4.69, 9.17) is 9.47 Å². The minimum atomic E-state index is -0.0217. The molecular formula is C54H63BN2O2. The molecule has 59 heavy (non-hydrogen) atoms. The molecule has 5 heteroatoms. The molecule has 0 N–H and O–H groups in total. The van der Waals surface area contributed by atoms with Gasteiger partial charge in [-0.3, -0.25) is 0 Å². The quantitative estimate of drug-likeness (QED) is 0.163. The van der Waals surface area contributed by atoms with Crippen LogP contribution in [-0.4, -0.2) is 19.9 Å². The highest BCUT2D eigenvalue weighted by molar-refractivity contribution is 7.00. The summed E-state index contributed by atoms with van der Waals surface area (Å²) in [6.45, 7) is 30.3. The average Bonchev–Trinajstić information content (AvgIpc) is 3.43. The normalized spacial score (nSPS) is 20.1. The molecule has 0 saturated carbocycles. The molecule has 0 unspecified atom stereocenters. The summed E-state index contributed by atoms with van der Waals surface area (Å²) >= 11 is 0. The van der Waals surface area contributed by atoms with Gasteiger partial charge in [0.2, 0.25) is 0 Å². The molecule has 3 heterocycles. The molecule has 0 aromatic heterocycles. The van der Waals surface area contributed by atoms with Crippen LogP contribution in [0.5, 0.6) is 11.5 Å². The van der Waals surface area contributed by atoms with Gasteiger partial charge in [-0.2, -0.15) is 0 Å². The van der Waals surface area contributed by atoms with Crippen molar-refractivity contribution in [2.24, 2.45) is 0 Å². The van der Waals surface area contributed by atoms with Crippen LogP contribution in [-0.2, 0) is 27.1 Å². The summed E-state index contributed by atoms with van der Waals surface area (Å²) in [7, 11) is 0. The van der Waals surface area contributed by atoms with Crippen molar-refractivity contribution < 1.29 is 9.47 Å². The summed E-state index contributed by atoms with van der Waals surface area (Å²) < 4.78 is 13.0. The van der Waals surface area contributed by atoms with Crippen LogP contribution in [0.3, 0.4) is 0 Å². The highest BCUT2D eigenvalue weighted by Gasteiger charge is 2.48. The number of ether oxygens (including phenoxy) is 2. The van der Waals surface area contributed by atoms with Crippen molar-refractivity contribution in [1.29, 1.82) is 0 Å². The molecule has 3 aliphatic heterocycles. The Bertz CT molecular complexity index is 2570. The Morgan fingerprint density at radius 2 is 1.14 bits per heavy atom. The number of hydrogen-bond donors (Lipinski definition) is 0. The maximum Gasteiger partial charge on any atom is 0.252 e. The molecule has 0 saturated heterocycles. The molecule has 0 bridgehead atoms. The van der Waals surface area contributed by atoms with E-state index in [-0.39, 0.29) is 33.8 Å². The van der Waals surface area contributed by atoms with Gasteiger partial charge in [0.15, 0.2) is 11.5 Å². The largest absolute Gasteiger partial charge is 0.489 e. The van der Waals surface area contributed by atoms with E-state index in [2.05, 4.69) is 172 Å². The highest BCUT2D eigenvalue weighted by atomic mass is 16.5. The number of para-hydroxylation sites is 1. The van der Waals surface area contributed by atoms with Crippen LogP contribution in [0.25, 0.3) is 0 Å². The van der Waals surface area contributed by atoms with Gasteiger partial charge >= 0.3 is 0 Å². The third-order valence-corrected chi connectivity index (χ3v) is 15.1. The SMILES string of the molecule is Cc1cc2c3c(c1)N(c1cccc4c1OCCCO4)c1ccc(C(C)(C)C)cc1B3c1cc3c(cc1N2c1ccc2c(c1)C(C)(C)CCC2(C)C)C(C)(C)CCC3(C)C. The van der Waals surface area contributed by atoms with Crippen molar-refractivity contribution in [3.63, 3.8) is 0 Å². The van der Waals surface area contributed by atoms with Gasteiger partial charge in [-0.05, 0) is 158 Å². The molecule has 5 aromatic carbocycles. The molecule has 304 valence electrons. The molecule has 0 amide bonds. The van der Waals surface area contributed by atoms with Gasteiger partial charge in [-0.15, -0.1) is 0 Å². The minimum Gasteiger partial charge on any atom is -0.489 e. The first-order valence-electron chi connectivity index (χ1n) is 22.4. The number of anilines is 6. The molecular weight excluding hydrogens is 719 g/mol. The summed E-state index contributed by atoms with van der Waals surface area (Å²) in [5.41, 5.74) is 20.3. The summed E-state index contributed by atoms with van der Waals surface area (Å²) in [6.07, 6.45) is 5.60. The van der Waals surface area contributed by atoms with E-state index in [9.17, 15) is 0 Å². The maximum atomic E-state index is 6.63. The fourth-order valence-corrected chi connectivity index (χ4v) is 11.3. The van der Waals surface area contributed by atoms with E-state index in [0.717, 1.165) is 23.6 Å².